The van der Waals surface area contributed by atoms with Gasteiger partial charge in [0.05, 0.1) is 0 Å². The summed E-state index contributed by atoms with van der Waals surface area (Å²) >= 11 is 0. The quantitative estimate of drug-likeness (QED) is 0.914. The van der Waals surface area contributed by atoms with Crippen molar-refractivity contribution >= 4 is 0 Å². The average molecular weight is 285 g/mol. The van der Waals surface area contributed by atoms with E-state index in [1.54, 1.807) is 0 Å². The zero-order valence-corrected chi connectivity index (χ0v) is 12.1. The summed E-state index contributed by atoms with van der Waals surface area (Å²) in [5.74, 6) is 0.295. The van der Waals surface area contributed by atoms with Gasteiger partial charge in [0.25, 0.3) is 0 Å². The third kappa shape index (κ3) is 3.42. The van der Waals surface area contributed by atoms with Crippen LogP contribution in [0.5, 0.6) is 5.75 Å². The SMILES string of the molecule is NCCc1cc(F)cc(OCc2ccc3c(c2)CCC3)c1. The minimum absolute atomic E-state index is 0.273. The second-order valence-corrected chi connectivity index (χ2v) is 5.58. The Morgan fingerprint density at radius 2 is 1.86 bits per heavy atom. The van der Waals surface area contributed by atoms with Crippen molar-refractivity contribution in [1.29, 1.82) is 0 Å². The first kappa shape index (κ1) is 14.1. The molecule has 3 rings (SSSR count). The number of benzene rings is 2. The molecule has 0 bridgehead atoms. The van der Waals surface area contributed by atoms with Gasteiger partial charge in [-0.1, -0.05) is 18.2 Å². The van der Waals surface area contributed by atoms with E-state index in [-0.39, 0.29) is 5.82 Å². The Hall–Kier alpha value is -1.87. The molecule has 0 saturated heterocycles. The van der Waals surface area contributed by atoms with Crippen LogP contribution in [0.1, 0.15) is 28.7 Å². The highest BCUT2D eigenvalue weighted by atomic mass is 19.1. The van der Waals surface area contributed by atoms with Gasteiger partial charge in [-0.25, -0.2) is 4.39 Å². The van der Waals surface area contributed by atoms with Crippen molar-refractivity contribution in [3.8, 4) is 5.75 Å². The maximum atomic E-state index is 13.5. The number of hydrogen-bond donors (Lipinski definition) is 1. The van der Waals surface area contributed by atoms with E-state index in [9.17, 15) is 4.39 Å². The van der Waals surface area contributed by atoms with Crippen LogP contribution in [0, 0.1) is 5.82 Å². The Balaban J connectivity index is 1.69. The molecular weight excluding hydrogens is 265 g/mol. The molecule has 2 N–H and O–H groups in total. The lowest BCUT2D eigenvalue weighted by Gasteiger charge is -2.10. The van der Waals surface area contributed by atoms with Crippen molar-refractivity contribution in [2.75, 3.05) is 6.54 Å². The number of nitrogens with two attached hydrogens (primary N) is 1. The molecule has 0 fully saturated rings. The summed E-state index contributed by atoms with van der Waals surface area (Å²) in [6.45, 7) is 0.979. The molecule has 0 saturated carbocycles. The van der Waals surface area contributed by atoms with Crippen molar-refractivity contribution in [1.82, 2.24) is 0 Å². The molecule has 0 amide bonds. The zero-order valence-electron chi connectivity index (χ0n) is 12.1. The first-order valence-corrected chi connectivity index (χ1v) is 7.47. The fraction of sp³-hybridized carbons (Fsp3) is 0.333. The molecule has 0 radical (unpaired) electrons. The van der Waals surface area contributed by atoms with E-state index in [1.807, 2.05) is 6.07 Å². The number of halogens is 1. The van der Waals surface area contributed by atoms with Gasteiger partial charge in [-0.15, -0.1) is 0 Å². The topological polar surface area (TPSA) is 35.2 Å². The minimum Gasteiger partial charge on any atom is -0.489 e. The highest BCUT2D eigenvalue weighted by Crippen LogP contribution is 2.24. The Morgan fingerprint density at radius 1 is 1.00 bits per heavy atom. The van der Waals surface area contributed by atoms with E-state index >= 15 is 0 Å². The first-order valence-electron chi connectivity index (χ1n) is 7.47. The first-order chi connectivity index (χ1) is 10.2. The molecule has 3 heteroatoms. The summed E-state index contributed by atoms with van der Waals surface area (Å²) in [6, 6.07) is 11.3. The monoisotopic (exact) mass is 285 g/mol. The van der Waals surface area contributed by atoms with E-state index in [4.69, 9.17) is 10.5 Å². The number of ether oxygens (including phenoxy) is 1. The van der Waals surface area contributed by atoms with Crippen LogP contribution in [0.4, 0.5) is 4.39 Å². The van der Waals surface area contributed by atoms with E-state index in [1.165, 1.54) is 36.1 Å². The number of fused-ring (bicyclic) bond motifs is 1. The molecule has 1 aliphatic rings. The van der Waals surface area contributed by atoms with Gasteiger partial charge in [0.15, 0.2) is 0 Å². The van der Waals surface area contributed by atoms with E-state index < -0.39 is 0 Å². The molecule has 0 aromatic heterocycles. The largest absolute Gasteiger partial charge is 0.489 e. The van der Waals surface area contributed by atoms with Gasteiger partial charge in [-0.3, -0.25) is 0 Å². The second-order valence-electron chi connectivity index (χ2n) is 5.58. The normalized spacial score (nSPS) is 13.2. The van der Waals surface area contributed by atoms with Crippen LogP contribution in [0.2, 0.25) is 0 Å². The molecule has 2 nitrogen and oxygen atoms in total. The third-order valence-electron chi connectivity index (χ3n) is 3.93. The summed E-state index contributed by atoms with van der Waals surface area (Å²) in [6.07, 6.45) is 4.24. The van der Waals surface area contributed by atoms with Gasteiger partial charge >= 0.3 is 0 Å². The van der Waals surface area contributed by atoms with Gasteiger partial charge in [0.1, 0.15) is 18.2 Å². The van der Waals surface area contributed by atoms with Gasteiger partial charge in [-0.2, -0.15) is 0 Å². The molecular formula is C18H20FNO. The Kier molecular flexibility index (Phi) is 4.20. The van der Waals surface area contributed by atoms with Crippen LogP contribution in [0.15, 0.2) is 36.4 Å². The molecule has 0 unspecified atom stereocenters. The summed E-state index contributed by atoms with van der Waals surface area (Å²) in [5, 5.41) is 0. The molecule has 110 valence electrons. The van der Waals surface area contributed by atoms with Crippen LogP contribution in [0.3, 0.4) is 0 Å². The van der Waals surface area contributed by atoms with Crippen molar-refractivity contribution in [2.45, 2.75) is 32.3 Å². The Morgan fingerprint density at radius 3 is 2.71 bits per heavy atom. The molecule has 2 aromatic carbocycles. The van der Waals surface area contributed by atoms with Crippen LogP contribution < -0.4 is 10.5 Å². The summed E-state index contributed by atoms with van der Waals surface area (Å²) in [4.78, 5) is 0. The van der Waals surface area contributed by atoms with Crippen LogP contribution >= 0.6 is 0 Å². The van der Waals surface area contributed by atoms with Crippen molar-refractivity contribution < 1.29 is 9.13 Å². The molecule has 1 aliphatic carbocycles. The lowest BCUT2D eigenvalue weighted by atomic mass is 10.1. The highest BCUT2D eigenvalue weighted by molar-refractivity contribution is 5.35. The maximum absolute atomic E-state index is 13.5. The molecule has 0 heterocycles. The molecule has 21 heavy (non-hydrogen) atoms. The lowest BCUT2D eigenvalue weighted by Crippen LogP contribution is -2.04. The molecule has 0 spiro atoms. The second kappa shape index (κ2) is 6.27. The van der Waals surface area contributed by atoms with Gasteiger partial charge < -0.3 is 10.5 Å². The van der Waals surface area contributed by atoms with E-state index in [0.717, 1.165) is 17.5 Å². The smallest absolute Gasteiger partial charge is 0.127 e. The number of hydrogen-bond acceptors (Lipinski definition) is 2. The van der Waals surface area contributed by atoms with E-state index in [2.05, 4.69) is 18.2 Å². The van der Waals surface area contributed by atoms with Crippen molar-refractivity contribution in [3.05, 3.63) is 64.5 Å². The third-order valence-corrected chi connectivity index (χ3v) is 3.93. The fourth-order valence-corrected chi connectivity index (χ4v) is 2.90. The minimum atomic E-state index is -0.273. The van der Waals surface area contributed by atoms with Crippen LogP contribution in [-0.2, 0) is 25.9 Å². The average Bonchev–Trinajstić information content (AvgIpc) is 2.92. The lowest BCUT2D eigenvalue weighted by molar-refractivity contribution is 0.304. The molecule has 0 atom stereocenters. The van der Waals surface area contributed by atoms with Gasteiger partial charge in [0.2, 0.25) is 0 Å². The molecule has 0 aliphatic heterocycles. The predicted molar refractivity (Wildman–Crippen MR) is 82.0 cm³/mol. The fourth-order valence-electron chi connectivity index (χ4n) is 2.90. The van der Waals surface area contributed by atoms with E-state index in [0.29, 0.717) is 25.3 Å². The number of rotatable bonds is 5. The summed E-state index contributed by atoms with van der Waals surface area (Å²) < 4.78 is 19.3. The van der Waals surface area contributed by atoms with Crippen molar-refractivity contribution in [3.63, 3.8) is 0 Å². The highest BCUT2D eigenvalue weighted by Gasteiger charge is 2.11. The van der Waals surface area contributed by atoms with Crippen LogP contribution in [-0.4, -0.2) is 6.54 Å². The number of aryl methyl sites for hydroxylation is 2. The summed E-state index contributed by atoms with van der Waals surface area (Å²) in [7, 11) is 0. The summed E-state index contributed by atoms with van der Waals surface area (Å²) in [5.41, 5.74) is 10.4. The molecule has 2 aromatic rings. The van der Waals surface area contributed by atoms with Gasteiger partial charge in [-0.05, 0) is 66.6 Å². The van der Waals surface area contributed by atoms with Gasteiger partial charge in [0, 0.05) is 6.07 Å². The standard InChI is InChI=1S/C18H20FNO/c19-17-9-13(6-7-20)10-18(11-17)21-12-14-4-5-15-2-1-3-16(15)8-14/h4-5,8-11H,1-3,6-7,12,20H2. The Bertz CT molecular complexity index is 639. The van der Waals surface area contributed by atoms with Crippen molar-refractivity contribution in [2.24, 2.45) is 5.73 Å². The zero-order chi connectivity index (χ0) is 14.7. The maximum Gasteiger partial charge on any atom is 0.127 e. The Labute approximate surface area is 124 Å². The predicted octanol–water partition coefficient (Wildman–Crippen LogP) is 3.39. The van der Waals surface area contributed by atoms with Crippen LogP contribution in [0.25, 0.3) is 0 Å².